The molecule has 2 nitrogen and oxygen atoms in total. The molecule has 58 heavy (non-hydrogen) atoms. The fraction of sp³-hybridized carbons (Fsp3) is 0. The summed E-state index contributed by atoms with van der Waals surface area (Å²) < 4.78 is 5.30. The van der Waals surface area contributed by atoms with Crippen molar-refractivity contribution >= 4 is 89.8 Å². The second-order valence-corrected chi connectivity index (χ2v) is 15.9. The Morgan fingerprint density at radius 3 is 1.05 bits per heavy atom. The zero-order valence-corrected chi connectivity index (χ0v) is 31.7. The SMILES string of the molecule is c1ccc(B2c3c4c(c(-c5ccccc5)c(-c5ccccc5)c3-n3c5ccccc5c5cccc2c53)-n2c3ccccc3c3cccc(c32)B4c2ccccc2)cc1. The summed E-state index contributed by atoms with van der Waals surface area (Å²) in [6, 6.07) is 77.1. The zero-order valence-electron chi connectivity index (χ0n) is 31.7. The number of para-hydroxylation sites is 4. The van der Waals surface area contributed by atoms with Gasteiger partial charge in [0.15, 0.2) is 0 Å². The molecule has 0 spiro atoms. The highest BCUT2D eigenvalue weighted by Gasteiger charge is 2.45. The third kappa shape index (κ3) is 4.19. The highest BCUT2D eigenvalue weighted by Crippen LogP contribution is 2.46. The van der Waals surface area contributed by atoms with E-state index in [1.54, 1.807) is 0 Å². The van der Waals surface area contributed by atoms with Crippen LogP contribution in [-0.2, 0) is 0 Å². The van der Waals surface area contributed by atoms with E-state index in [0.717, 1.165) is 0 Å². The minimum Gasteiger partial charge on any atom is -0.310 e. The molecule has 11 aromatic rings. The average Bonchev–Trinajstić information content (AvgIpc) is 3.82. The first-order valence-electron chi connectivity index (χ1n) is 20.4. The number of nitrogens with zero attached hydrogens (tertiary/aromatic N) is 2. The lowest BCUT2D eigenvalue weighted by atomic mass is 9.26. The van der Waals surface area contributed by atoms with Crippen LogP contribution in [0.3, 0.4) is 0 Å². The molecule has 0 atom stereocenters. The van der Waals surface area contributed by atoms with Crippen LogP contribution in [0.2, 0.25) is 0 Å². The minimum absolute atomic E-state index is 0.0356. The normalized spacial score (nSPS) is 12.8. The number of aromatic nitrogens is 2. The van der Waals surface area contributed by atoms with Gasteiger partial charge in [-0.15, -0.1) is 0 Å². The van der Waals surface area contributed by atoms with Gasteiger partial charge in [-0.2, -0.15) is 0 Å². The van der Waals surface area contributed by atoms with Crippen LogP contribution in [0.1, 0.15) is 0 Å². The summed E-state index contributed by atoms with van der Waals surface area (Å²) >= 11 is 0. The van der Waals surface area contributed by atoms with E-state index >= 15 is 0 Å². The van der Waals surface area contributed by atoms with Crippen molar-refractivity contribution < 1.29 is 0 Å². The number of benzene rings is 9. The van der Waals surface area contributed by atoms with Crippen molar-refractivity contribution in [1.29, 1.82) is 0 Å². The predicted molar refractivity (Wildman–Crippen MR) is 248 cm³/mol. The van der Waals surface area contributed by atoms with Crippen LogP contribution in [0.15, 0.2) is 206 Å². The standard InChI is InChI=1S/C54H34B2N2/c1-5-19-35(20-6-1)47-48(36-21-7-2-8-22-36)54-50(56(38-25-11-4-12-26-38)44-32-18-30-42-40-28-14-16-34-46(40)58(54)52(42)44)49-53(47)57-45-33-15-13-27-39(45)41-29-17-31-43(51(41)57)55(49)37-23-9-3-10-24-37/h1-34H. The van der Waals surface area contributed by atoms with Crippen LogP contribution in [0, 0.1) is 0 Å². The highest BCUT2D eigenvalue weighted by atomic mass is 15.0. The van der Waals surface area contributed by atoms with Crippen LogP contribution >= 0.6 is 0 Å². The summed E-state index contributed by atoms with van der Waals surface area (Å²) in [6.45, 7) is -0.0712. The first kappa shape index (κ1) is 31.9. The van der Waals surface area contributed by atoms with E-state index in [-0.39, 0.29) is 13.4 Å². The molecule has 2 aliphatic heterocycles. The molecular formula is C54H34B2N2. The smallest absolute Gasteiger partial charge is 0.246 e. The highest BCUT2D eigenvalue weighted by molar-refractivity contribution is 7.07. The molecule has 0 radical (unpaired) electrons. The van der Waals surface area contributed by atoms with Crippen molar-refractivity contribution in [1.82, 2.24) is 9.13 Å². The van der Waals surface area contributed by atoms with E-state index < -0.39 is 0 Å². The first-order valence-corrected chi connectivity index (χ1v) is 20.4. The first-order chi connectivity index (χ1) is 28.9. The predicted octanol–water partition coefficient (Wildman–Crippen LogP) is 8.87. The molecule has 0 N–H and O–H groups in total. The van der Waals surface area contributed by atoms with Gasteiger partial charge in [0, 0.05) is 55.1 Å². The Morgan fingerprint density at radius 1 is 0.293 bits per heavy atom. The van der Waals surface area contributed by atoms with Gasteiger partial charge in [0.05, 0.1) is 11.0 Å². The summed E-state index contributed by atoms with van der Waals surface area (Å²) in [6.07, 6.45) is 0. The largest absolute Gasteiger partial charge is 0.310 e. The Hall–Kier alpha value is -7.29. The summed E-state index contributed by atoms with van der Waals surface area (Å²) in [4.78, 5) is 0. The summed E-state index contributed by atoms with van der Waals surface area (Å²) in [7, 11) is 0. The van der Waals surface area contributed by atoms with Gasteiger partial charge in [-0.1, -0.05) is 205 Å². The van der Waals surface area contributed by atoms with Crippen molar-refractivity contribution in [3.05, 3.63) is 206 Å². The molecule has 266 valence electrons. The fourth-order valence-corrected chi connectivity index (χ4v) is 10.9. The molecule has 0 saturated carbocycles. The van der Waals surface area contributed by atoms with Gasteiger partial charge in [-0.3, -0.25) is 0 Å². The molecule has 13 rings (SSSR count). The maximum atomic E-state index is 2.65. The molecule has 0 bridgehead atoms. The van der Waals surface area contributed by atoms with Crippen molar-refractivity contribution in [2.24, 2.45) is 0 Å². The van der Waals surface area contributed by atoms with Crippen LogP contribution in [-0.4, -0.2) is 22.6 Å². The van der Waals surface area contributed by atoms with Gasteiger partial charge in [-0.05, 0) is 45.1 Å². The molecule has 2 aliphatic rings. The molecule has 2 aromatic heterocycles. The lowest BCUT2D eigenvalue weighted by molar-refractivity contribution is 1.16. The third-order valence-electron chi connectivity index (χ3n) is 13.0. The van der Waals surface area contributed by atoms with Gasteiger partial charge in [0.2, 0.25) is 13.4 Å². The van der Waals surface area contributed by atoms with Gasteiger partial charge in [-0.25, -0.2) is 0 Å². The van der Waals surface area contributed by atoms with Crippen LogP contribution in [0.25, 0.3) is 77.2 Å². The van der Waals surface area contributed by atoms with Gasteiger partial charge < -0.3 is 9.13 Å². The summed E-state index contributed by atoms with van der Waals surface area (Å²) in [5.41, 5.74) is 20.6. The average molecular weight is 733 g/mol. The fourth-order valence-electron chi connectivity index (χ4n) is 10.9. The number of hydrogen-bond acceptors (Lipinski definition) is 0. The van der Waals surface area contributed by atoms with Gasteiger partial charge >= 0.3 is 0 Å². The van der Waals surface area contributed by atoms with Crippen molar-refractivity contribution in [3.8, 4) is 33.6 Å². The lowest BCUT2D eigenvalue weighted by Gasteiger charge is -2.39. The molecule has 0 unspecified atom stereocenters. The molecule has 0 saturated heterocycles. The topological polar surface area (TPSA) is 9.86 Å². The Morgan fingerprint density at radius 2 is 0.638 bits per heavy atom. The van der Waals surface area contributed by atoms with Crippen LogP contribution < -0.4 is 32.8 Å². The molecule has 0 amide bonds. The van der Waals surface area contributed by atoms with E-state index in [9.17, 15) is 0 Å². The van der Waals surface area contributed by atoms with Crippen molar-refractivity contribution in [2.45, 2.75) is 0 Å². The maximum absolute atomic E-state index is 2.65. The van der Waals surface area contributed by atoms with Gasteiger partial charge in [0.25, 0.3) is 0 Å². The second kappa shape index (κ2) is 12.1. The van der Waals surface area contributed by atoms with Gasteiger partial charge in [0.1, 0.15) is 0 Å². The van der Waals surface area contributed by atoms with E-state index in [0.29, 0.717) is 0 Å². The number of rotatable bonds is 4. The van der Waals surface area contributed by atoms with Crippen molar-refractivity contribution in [2.75, 3.05) is 0 Å². The molecule has 9 aromatic carbocycles. The summed E-state index contributed by atoms with van der Waals surface area (Å²) in [5, 5.41) is 5.14. The van der Waals surface area contributed by atoms with Crippen LogP contribution in [0.5, 0.6) is 0 Å². The Labute approximate surface area is 337 Å². The van der Waals surface area contributed by atoms with E-state index in [1.165, 1.54) is 110 Å². The quantitative estimate of drug-likeness (QED) is 0.160. The van der Waals surface area contributed by atoms with E-state index in [4.69, 9.17) is 0 Å². The monoisotopic (exact) mass is 732 g/mol. The number of fused-ring (bicyclic) bond motifs is 11. The van der Waals surface area contributed by atoms with E-state index in [1.807, 2.05) is 0 Å². The van der Waals surface area contributed by atoms with Crippen molar-refractivity contribution in [3.63, 3.8) is 0 Å². The lowest BCUT2D eigenvalue weighted by Crippen LogP contribution is -2.69. The van der Waals surface area contributed by atoms with Crippen LogP contribution in [0.4, 0.5) is 0 Å². The Bertz CT molecular complexity index is 3210. The summed E-state index contributed by atoms with van der Waals surface area (Å²) in [5.74, 6) is 0. The Kier molecular flexibility index (Phi) is 6.65. The maximum Gasteiger partial charge on any atom is 0.246 e. The Balaban J connectivity index is 1.38. The minimum atomic E-state index is -0.0356. The third-order valence-corrected chi connectivity index (χ3v) is 13.0. The molecule has 4 heterocycles. The second-order valence-electron chi connectivity index (χ2n) is 15.9. The molecule has 0 fully saturated rings. The molecule has 0 aliphatic carbocycles. The number of hydrogen-bond donors (Lipinski definition) is 0. The molecular weight excluding hydrogens is 698 g/mol. The van der Waals surface area contributed by atoms with E-state index in [2.05, 4.69) is 215 Å². The zero-order chi connectivity index (χ0) is 37.9. The molecule has 4 heteroatoms.